The van der Waals surface area contributed by atoms with E-state index >= 15 is 0 Å². The summed E-state index contributed by atoms with van der Waals surface area (Å²) in [5.41, 5.74) is 1.15. The Morgan fingerprint density at radius 3 is 2.09 bits per heavy atom. The van der Waals surface area contributed by atoms with Gasteiger partial charge in [0.25, 0.3) is 0 Å². The Morgan fingerprint density at radius 2 is 1.53 bits per heavy atom. The van der Waals surface area contributed by atoms with E-state index in [-0.39, 0.29) is 32.0 Å². The first-order chi connectivity index (χ1) is 15.5. The van der Waals surface area contributed by atoms with Crippen molar-refractivity contribution in [2.75, 3.05) is 13.2 Å². The van der Waals surface area contributed by atoms with Gasteiger partial charge in [-0.2, -0.15) is 0 Å². The van der Waals surface area contributed by atoms with Gasteiger partial charge in [-0.1, -0.05) is 67.6 Å². The number of hydrogen-bond donors (Lipinski definition) is 1. The van der Waals surface area contributed by atoms with E-state index in [1.165, 1.54) is 0 Å². The Balaban J connectivity index is 1.64. The number of Topliss-reactive ketones (excluding diaryl/α,β-unsaturated/α-hetero) is 1. The predicted molar refractivity (Wildman–Crippen MR) is 123 cm³/mol. The Kier molecular flexibility index (Phi) is 9.00. The van der Waals surface area contributed by atoms with Crippen LogP contribution in [0.15, 0.2) is 60.7 Å². The molecular formula is C27H34O5. The van der Waals surface area contributed by atoms with E-state index in [4.69, 9.17) is 9.47 Å². The minimum absolute atomic E-state index is 0.0252. The van der Waals surface area contributed by atoms with Crippen molar-refractivity contribution in [1.82, 2.24) is 0 Å². The van der Waals surface area contributed by atoms with Gasteiger partial charge < -0.3 is 14.6 Å². The highest BCUT2D eigenvalue weighted by Crippen LogP contribution is 2.40. The normalized spacial score (nSPS) is 21.6. The lowest BCUT2D eigenvalue weighted by Gasteiger charge is -2.37. The molecule has 0 bridgehead atoms. The monoisotopic (exact) mass is 438 g/mol. The molecule has 0 aliphatic heterocycles. The molecule has 1 fully saturated rings. The number of rotatable bonds is 11. The molecule has 172 valence electrons. The molecule has 1 aliphatic rings. The first kappa shape index (κ1) is 24.1. The highest BCUT2D eigenvalue weighted by atomic mass is 16.5. The molecule has 2 aromatic rings. The number of esters is 1. The van der Waals surface area contributed by atoms with Gasteiger partial charge in [-0.3, -0.25) is 9.59 Å². The Morgan fingerprint density at radius 1 is 0.969 bits per heavy atom. The molecular weight excluding hydrogens is 404 g/mol. The number of carbonyl (C=O) groups is 2. The van der Waals surface area contributed by atoms with E-state index in [2.05, 4.69) is 6.92 Å². The lowest BCUT2D eigenvalue weighted by molar-refractivity contribution is -0.155. The molecule has 3 rings (SSSR count). The largest absolute Gasteiger partial charge is 0.461 e. The second kappa shape index (κ2) is 11.9. The average Bonchev–Trinajstić information content (AvgIpc) is 2.84. The fourth-order valence-corrected chi connectivity index (χ4v) is 4.23. The number of aliphatic hydroxyl groups is 1. The smallest absolute Gasteiger partial charge is 0.312 e. The minimum atomic E-state index is -0.746. The van der Waals surface area contributed by atoms with Gasteiger partial charge in [0.2, 0.25) is 0 Å². The van der Waals surface area contributed by atoms with Crippen LogP contribution in [0.1, 0.15) is 50.2 Å². The molecule has 0 spiro atoms. The van der Waals surface area contributed by atoms with E-state index in [0.29, 0.717) is 25.4 Å². The molecule has 0 unspecified atom stereocenters. The van der Waals surface area contributed by atoms with Crippen LogP contribution in [0, 0.1) is 17.3 Å². The average molecular weight is 439 g/mol. The molecule has 0 saturated heterocycles. The zero-order valence-electron chi connectivity index (χ0n) is 18.9. The maximum absolute atomic E-state index is 13.3. The van der Waals surface area contributed by atoms with Crippen molar-refractivity contribution < 1.29 is 24.2 Å². The molecule has 1 N–H and O–H groups in total. The summed E-state index contributed by atoms with van der Waals surface area (Å²) in [6.45, 7) is 2.63. The van der Waals surface area contributed by atoms with Gasteiger partial charge in [0, 0.05) is 6.42 Å². The fourth-order valence-electron chi connectivity index (χ4n) is 4.23. The van der Waals surface area contributed by atoms with Gasteiger partial charge in [-0.15, -0.1) is 0 Å². The van der Waals surface area contributed by atoms with Crippen LogP contribution < -0.4 is 0 Å². The highest BCUT2D eigenvalue weighted by Gasteiger charge is 2.41. The number of benzene rings is 2. The molecule has 0 aromatic heterocycles. The van der Waals surface area contributed by atoms with Gasteiger partial charge >= 0.3 is 5.97 Å². The summed E-state index contributed by atoms with van der Waals surface area (Å²) in [6, 6.07) is 19.2. The van der Waals surface area contributed by atoms with Crippen LogP contribution in [0.5, 0.6) is 0 Å². The zero-order chi connectivity index (χ0) is 22.8. The van der Waals surface area contributed by atoms with Crippen LogP contribution in [0.25, 0.3) is 0 Å². The summed E-state index contributed by atoms with van der Waals surface area (Å²) in [7, 11) is 0. The van der Waals surface area contributed by atoms with E-state index in [1.807, 2.05) is 60.7 Å². The first-order valence-electron chi connectivity index (χ1n) is 11.5. The molecule has 0 amide bonds. The number of ketones is 1. The molecule has 5 nitrogen and oxygen atoms in total. The lowest BCUT2D eigenvalue weighted by Crippen LogP contribution is -2.40. The van der Waals surface area contributed by atoms with Gasteiger partial charge in [-0.05, 0) is 42.7 Å². The van der Waals surface area contributed by atoms with Crippen molar-refractivity contribution in [3.63, 3.8) is 0 Å². The van der Waals surface area contributed by atoms with Crippen molar-refractivity contribution >= 4 is 11.8 Å². The maximum atomic E-state index is 13.3. The van der Waals surface area contributed by atoms with Gasteiger partial charge in [0.05, 0.1) is 31.2 Å². The summed E-state index contributed by atoms with van der Waals surface area (Å²) in [5.74, 6) is -0.634. The summed E-state index contributed by atoms with van der Waals surface area (Å²) in [5, 5.41) is 10.1. The Hall–Kier alpha value is -2.50. The molecule has 5 heteroatoms. The van der Waals surface area contributed by atoms with E-state index in [0.717, 1.165) is 24.0 Å². The number of ether oxygens (including phenoxy) is 2. The van der Waals surface area contributed by atoms with Crippen molar-refractivity contribution in [2.24, 2.45) is 17.3 Å². The highest BCUT2D eigenvalue weighted by molar-refractivity contribution is 5.89. The van der Waals surface area contributed by atoms with Crippen LogP contribution in [0.2, 0.25) is 0 Å². The van der Waals surface area contributed by atoms with Gasteiger partial charge in [0.1, 0.15) is 12.4 Å². The van der Waals surface area contributed by atoms with Crippen molar-refractivity contribution in [1.29, 1.82) is 0 Å². The lowest BCUT2D eigenvalue weighted by atomic mass is 9.67. The predicted octanol–water partition coefficient (Wildman–Crippen LogP) is 4.71. The third kappa shape index (κ3) is 6.75. The second-order valence-corrected chi connectivity index (χ2v) is 9.04. The number of carbonyl (C=O) groups excluding carboxylic acids is 2. The Labute approximate surface area is 190 Å². The summed E-state index contributed by atoms with van der Waals surface area (Å²) >= 11 is 0. The van der Waals surface area contributed by atoms with Gasteiger partial charge in [0.15, 0.2) is 0 Å². The molecule has 0 radical (unpaired) electrons. The third-order valence-corrected chi connectivity index (χ3v) is 6.55. The van der Waals surface area contributed by atoms with Crippen molar-refractivity contribution in [3.05, 3.63) is 71.8 Å². The molecule has 1 saturated carbocycles. The summed E-state index contributed by atoms with van der Waals surface area (Å²) in [4.78, 5) is 26.2. The second-order valence-electron chi connectivity index (χ2n) is 9.04. The standard InChI is InChI=1S/C27H34O5/c1-21-12-14-27(20-28,15-13-21)25(29)16-24(19-31-17-22-8-4-2-5-9-22)26(30)32-18-23-10-6-3-7-11-23/h2-11,21,24,28H,12-20H2,1H3/t21?,24-,27?/m0/s1. The van der Waals surface area contributed by atoms with Crippen LogP contribution in [0.3, 0.4) is 0 Å². The van der Waals surface area contributed by atoms with Crippen LogP contribution in [-0.4, -0.2) is 30.1 Å². The van der Waals surface area contributed by atoms with Crippen LogP contribution >= 0.6 is 0 Å². The Bertz CT molecular complexity index is 841. The van der Waals surface area contributed by atoms with Gasteiger partial charge in [-0.25, -0.2) is 0 Å². The molecule has 0 heterocycles. The first-order valence-corrected chi connectivity index (χ1v) is 11.5. The summed E-state index contributed by atoms with van der Waals surface area (Å²) in [6.07, 6.45) is 3.19. The number of hydrogen-bond acceptors (Lipinski definition) is 5. The third-order valence-electron chi connectivity index (χ3n) is 6.55. The maximum Gasteiger partial charge on any atom is 0.312 e. The van der Waals surface area contributed by atoms with Crippen LogP contribution in [0.4, 0.5) is 0 Å². The van der Waals surface area contributed by atoms with E-state index < -0.39 is 17.3 Å². The topological polar surface area (TPSA) is 72.8 Å². The fraction of sp³-hybridized carbons (Fsp3) is 0.481. The van der Waals surface area contributed by atoms with Crippen LogP contribution in [-0.2, 0) is 32.3 Å². The minimum Gasteiger partial charge on any atom is -0.461 e. The number of aliphatic hydroxyl groups excluding tert-OH is 1. The van der Waals surface area contributed by atoms with Crippen molar-refractivity contribution in [2.45, 2.75) is 52.2 Å². The molecule has 1 atom stereocenters. The zero-order valence-corrected chi connectivity index (χ0v) is 18.9. The van der Waals surface area contributed by atoms with Crippen molar-refractivity contribution in [3.8, 4) is 0 Å². The van der Waals surface area contributed by atoms with E-state index in [9.17, 15) is 14.7 Å². The molecule has 1 aliphatic carbocycles. The SMILES string of the molecule is CC1CCC(CO)(C(=O)C[C@@H](COCc2ccccc2)C(=O)OCc2ccccc2)CC1. The molecule has 32 heavy (non-hydrogen) atoms. The quantitative estimate of drug-likeness (QED) is 0.515. The summed E-state index contributed by atoms with van der Waals surface area (Å²) < 4.78 is 11.3. The van der Waals surface area contributed by atoms with E-state index in [1.54, 1.807) is 0 Å². The molecule has 2 aromatic carbocycles.